The van der Waals surface area contributed by atoms with E-state index in [0.717, 1.165) is 17.2 Å². The van der Waals surface area contributed by atoms with Gasteiger partial charge in [-0.25, -0.2) is 0 Å². The van der Waals surface area contributed by atoms with E-state index >= 15 is 0 Å². The third-order valence-electron chi connectivity index (χ3n) is 4.62. The van der Waals surface area contributed by atoms with Crippen molar-refractivity contribution in [1.82, 2.24) is 19.7 Å². The van der Waals surface area contributed by atoms with Gasteiger partial charge in [-0.05, 0) is 50.3 Å². The highest BCUT2D eigenvalue weighted by Gasteiger charge is 2.35. The minimum atomic E-state index is 0.0757. The number of carbonyl (C=O) groups excluding carboxylic acids is 1. The molecule has 1 atom stereocenters. The molecule has 0 unspecified atom stereocenters. The maximum atomic E-state index is 12.8. The van der Waals surface area contributed by atoms with Gasteiger partial charge in [0.1, 0.15) is 5.82 Å². The molecule has 1 aromatic heterocycles. The summed E-state index contributed by atoms with van der Waals surface area (Å²) in [4.78, 5) is 15.8. The van der Waals surface area contributed by atoms with Crippen LogP contribution in [0.2, 0.25) is 0 Å². The minimum absolute atomic E-state index is 0.0757. The van der Waals surface area contributed by atoms with Crippen LogP contribution in [-0.4, -0.2) is 38.4 Å². The number of carbonyl (C=O) groups is 1. The van der Waals surface area contributed by atoms with Crippen LogP contribution in [0.3, 0.4) is 0 Å². The topological polar surface area (TPSA) is 51.0 Å². The molecular formula is C17H20N4OS. The number of thioether (sulfide) groups is 1. The molecule has 1 saturated carbocycles. The molecule has 1 aliphatic heterocycles. The average molecular weight is 328 g/mol. The Morgan fingerprint density at radius 1 is 1.22 bits per heavy atom. The number of rotatable bonds is 3. The second-order valence-corrected chi connectivity index (χ2v) is 7.26. The van der Waals surface area contributed by atoms with E-state index in [-0.39, 0.29) is 11.9 Å². The number of hydrogen-bond acceptors (Lipinski definition) is 4. The van der Waals surface area contributed by atoms with Crippen LogP contribution in [0.1, 0.15) is 53.7 Å². The van der Waals surface area contributed by atoms with Gasteiger partial charge in [0.25, 0.3) is 5.91 Å². The summed E-state index contributed by atoms with van der Waals surface area (Å²) in [5.74, 6) is 2.69. The number of hydrogen-bond donors (Lipinski definition) is 0. The first-order chi connectivity index (χ1) is 11.2. The Morgan fingerprint density at radius 2 is 1.96 bits per heavy atom. The van der Waals surface area contributed by atoms with Crippen LogP contribution in [0.15, 0.2) is 29.2 Å². The Labute approximate surface area is 140 Å². The lowest BCUT2D eigenvalue weighted by Gasteiger charge is -2.32. The summed E-state index contributed by atoms with van der Waals surface area (Å²) < 4.78 is 2.25. The van der Waals surface area contributed by atoms with Crippen LogP contribution in [-0.2, 0) is 6.54 Å². The van der Waals surface area contributed by atoms with Crippen LogP contribution in [0, 0.1) is 0 Å². The summed E-state index contributed by atoms with van der Waals surface area (Å²) in [6, 6.07) is 8.05. The second kappa shape index (κ2) is 5.67. The van der Waals surface area contributed by atoms with Gasteiger partial charge >= 0.3 is 0 Å². The molecule has 0 radical (unpaired) electrons. The molecule has 120 valence electrons. The van der Waals surface area contributed by atoms with Crippen molar-refractivity contribution < 1.29 is 4.79 Å². The van der Waals surface area contributed by atoms with Crippen molar-refractivity contribution in [3.63, 3.8) is 0 Å². The number of fused-ring (bicyclic) bond motifs is 1. The van der Waals surface area contributed by atoms with Crippen molar-refractivity contribution in [1.29, 1.82) is 0 Å². The quantitative estimate of drug-likeness (QED) is 0.813. The molecule has 2 aromatic rings. The Balaban J connectivity index is 1.57. The Morgan fingerprint density at radius 3 is 2.61 bits per heavy atom. The molecular weight excluding hydrogens is 308 g/mol. The maximum absolute atomic E-state index is 12.8. The largest absolute Gasteiger partial charge is 0.329 e. The molecule has 4 rings (SSSR count). The lowest BCUT2D eigenvalue weighted by molar-refractivity contribution is 0.0679. The molecule has 2 aliphatic rings. The van der Waals surface area contributed by atoms with Crippen LogP contribution in [0.4, 0.5) is 0 Å². The Kier molecular flexibility index (Phi) is 3.64. The summed E-state index contributed by atoms with van der Waals surface area (Å²) in [5, 5.41) is 8.71. The minimum Gasteiger partial charge on any atom is -0.329 e. The van der Waals surface area contributed by atoms with Crippen LogP contribution in [0.5, 0.6) is 0 Å². The summed E-state index contributed by atoms with van der Waals surface area (Å²) in [5.41, 5.74) is 0.741. The van der Waals surface area contributed by atoms with Crippen molar-refractivity contribution in [2.75, 3.05) is 12.8 Å². The van der Waals surface area contributed by atoms with Gasteiger partial charge in [0.2, 0.25) is 0 Å². The van der Waals surface area contributed by atoms with E-state index in [0.29, 0.717) is 19.0 Å². The summed E-state index contributed by atoms with van der Waals surface area (Å²) in [6.07, 6.45) is 4.47. The van der Waals surface area contributed by atoms with Gasteiger partial charge in [-0.1, -0.05) is 0 Å². The summed E-state index contributed by atoms with van der Waals surface area (Å²) in [6.45, 7) is 3.41. The fourth-order valence-corrected chi connectivity index (χ4v) is 3.66. The normalized spacial score (nSPS) is 20.4. The molecule has 2 heterocycles. The average Bonchev–Trinajstić information content (AvgIpc) is 3.33. The molecule has 0 N–H and O–H groups in total. The first-order valence-electron chi connectivity index (χ1n) is 8.04. The van der Waals surface area contributed by atoms with E-state index in [1.165, 1.54) is 17.7 Å². The highest BCUT2D eigenvalue weighted by atomic mass is 32.2. The number of benzene rings is 1. The molecule has 0 spiro atoms. The third-order valence-corrected chi connectivity index (χ3v) is 5.36. The molecule has 6 heteroatoms. The SMILES string of the molecule is CSc1ccc(C(=O)N2Cc3nnc(C4CC4)n3[C@@H](C)C2)cc1. The van der Waals surface area contributed by atoms with Gasteiger partial charge in [-0.2, -0.15) is 0 Å². The Bertz CT molecular complexity index is 736. The van der Waals surface area contributed by atoms with Crippen molar-refractivity contribution in [2.24, 2.45) is 0 Å². The monoisotopic (exact) mass is 328 g/mol. The molecule has 1 amide bonds. The fourth-order valence-electron chi connectivity index (χ4n) is 3.25. The molecule has 1 fully saturated rings. The first-order valence-corrected chi connectivity index (χ1v) is 9.27. The lowest BCUT2D eigenvalue weighted by atomic mass is 10.1. The van der Waals surface area contributed by atoms with Crippen molar-refractivity contribution in [3.05, 3.63) is 41.5 Å². The molecule has 0 saturated heterocycles. The maximum Gasteiger partial charge on any atom is 0.254 e. The van der Waals surface area contributed by atoms with Crippen LogP contribution in [0.25, 0.3) is 0 Å². The van der Waals surface area contributed by atoms with Gasteiger partial charge in [0.15, 0.2) is 5.82 Å². The smallest absolute Gasteiger partial charge is 0.254 e. The number of nitrogens with zero attached hydrogens (tertiary/aromatic N) is 4. The van der Waals surface area contributed by atoms with E-state index < -0.39 is 0 Å². The first kappa shape index (κ1) is 14.8. The zero-order valence-electron chi connectivity index (χ0n) is 13.4. The van der Waals surface area contributed by atoms with E-state index in [9.17, 15) is 4.79 Å². The van der Waals surface area contributed by atoms with Gasteiger partial charge in [0, 0.05) is 22.9 Å². The molecule has 1 aromatic carbocycles. The Hall–Kier alpha value is -1.82. The second-order valence-electron chi connectivity index (χ2n) is 6.38. The molecule has 1 aliphatic carbocycles. The van der Waals surface area contributed by atoms with Gasteiger partial charge in [0.05, 0.1) is 12.6 Å². The molecule has 23 heavy (non-hydrogen) atoms. The van der Waals surface area contributed by atoms with Crippen molar-refractivity contribution in [2.45, 2.75) is 43.2 Å². The fraction of sp³-hybridized carbons (Fsp3) is 0.471. The van der Waals surface area contributed by atoms with E-state index in [2.05, 4.69) is 21.7 Å². The van der Waals surface area contributed by atoms with Gasteiger partial charge < -0.3 is 9.47 Å². The lowest BCUT2D eigenvalue weighted by Crippen LogP contribution is -2.40. The van der Waals surface area contributed by atoms with Crippen LogP contribution >= 0.6 is 11.8 Å². The van der Waals surface area contributed by atoms with Crippen molar-refractivity contribution >= 4 is 17.7 Å². The number of amides is 1. The third kappa shape index (κ3) is 2.65. The zero-order valence-corrected chi connectivity index (χ0v) is 14.2. The van der Waals surface area contributed by atoms with Crippen LogP contribution < -0.4 is 0 Å². The molecule has 5 nitrogen and oxygen atoms in total. The van der Waals surface area contributed by atoms with E-state index in [1.807, 2.05) is 35.4 Å². The predicted molar refractivity (Wildman–Crippen MR) is 89.7 cm³/mol. The van der Waals surface area contributed by atoms with Crippen molar-refractivity contribution in [3.8, 4) is 0 Å². The predicted octanol–water partition coefficient (Wildman–Crippen LogP) is 3.09. The highest BCUT2D eigenvalue weighted by molar-refractivity contribution is 7.98. The van der Waals surface area contributed by atoms with E-state index in [4.69, 9.17) is 0 Å². The summed E-state index contributed by atoms with van der Waals surface area (Å²) in [7, 11) is 0. The molecule has 0 bridgehead atoms. The summed E-state index contributed by atoms with van der Waals surface area (Å²) >= 11 is 1.68. The van der Waals surface area contributed by atoms with E-state index in [1.54, 1.807) is 11.8 Å². The standard InChI is InChI=1S/C17H20N4OS/c1-11-9-20(17(22)13-5-7-14(23-2)8-6-13)10-15-18-19-16(21(11)15)12-3-4-12/h5-8,11-12H,3-4,9-10H2,1-2H3/t11-/m0/s1. The number of aromatic nitrogens is 3. The van der Waals surface area contributed by atoms with Gasteiger partial charge in [-0.15, -0.1) is 22.0 Å². The highest BCUT2D eigenvalue weighted by Crippen LogP contribution is 2.41. The van der Waals surface area contributed by atoms with Gasteiger partial charge in [-0.3, -0.25) is 4.79 Å². The zero-order chi connectivity index (χ0) is 16.0.